The van der Waals surface area contributed by atoms with E-state index in [2.05, 4.69) is 0 Å². The highest BCUT2D eigenvalue weighted by molar-refractivity contribution is 6.04. The smallest absolute Gasteiger partial charge is 0.260 e. The largest absolute Gasteiger partial charge is 0.279 e. The van der Waals surface area contributed by atoms with Gasteiger partial charge in [0.25, 0.3) is 5.91 Å². The molecule has 0 atom stereocenters. The SMILES string of the molecule is CCCCN(C(C)=O)C(=O)c1ccccc1. The van der Waals surface area contributed by atoms with Gasteiger partial charge in [0.05, 0.1) is 0 Å². The van der Waals surface area contributed by atoms with E-state index in [1.54, 1.807) is 24.3 Å². The van der Waals surface area contributed by atoms with Gasteiger partial charge in [0.1, 0.15) is 0 Å². The first kappa shape index (κ1) is 12.4. The average molecular weight is 219 g/mol. The van der Waals surface area contributed by atoms with Gasteiger partial charge in [-0.3, -0.25) is 14.5 Å². The van der Waals surface area contributed by atoms with E-state index in [0.29, 0.717) is 12.1 Å². The number of hydrogen-bond donors (Lipinski definition) is 0. The van der Waals surface area contributed by atoms with Gasteiger partial charge in [-0.2, -0.15) is 0 Å². The van der Waals surface area contributed by atoms with Gasteiger partial charge < -0.3 is 0 Å². The van der Waals surface area contributed by atoms with Crippen molar-refractivity contribution < 1.29 is 9.59 Å². The highest BCUT2D eigenvalue weighted by atomic mass is 16.2. The lowest BCUT2D eigenvalue weighted by atomic mass is 10.2. The standard InChI is InChI=1S/C13H17NO2/c1-3-4-10-14(11(2)15)13(16)12-8-6-5-7-9-12/h5-9H,3-4,10H2,1-2H3. The maximum Gasteiger partial charge on any atom is 0.260 e. The number of rotatable bonds is 4. The molecule has 3 nitrogen and oxygen atoms in total. The third-order valence-electron chi connectivity index (χ3n) is 2.38. The molecular formula is C13H17NO2. The molecule has 86 valence electrons. The van der Waals surface area contributed by atoms with Gasteiger partial charge in [0.2, 0.25) is 5.91 Å². The predicted octanol–water partition coefficient (Wildman–Crippen LogP) is 2.48. The van der Waals surface area contributed by atoms with E-state index >= 15 is 0 Å². The van der Waals surface area contributed by atoms with E-state index in [0.717, 1.165) is 12.8 Å². The van der Waals surface area contributed by atoms with Crippen molar-refractivity contribution in [3.63, 3.8) is 0 Å². The third kappa shape index (κ3) is 3.19. The van der Waals surface area contributed by atoms with Gasteiger partial charge in [-0.1, -0.05) is 31.5 Å². The second kappa shape index (κ2) is 6.05. The molecule has 2 amide bonds. The van der Waals surface area contributed by atoms with E-state index in [-0.39, 0.29) is 11.8 Å². The molecule has 0 aliphatic heterocycles. The van der Waals surface area contributed by atoms with E-state index in [9.17, 15) is 9.59 Å². The van der Waals surface area contributed by atoms with Gasteiger partial charge in [0.15, 0.2) is 0 Å². The maximum absolute atomic E-state index is 12.0. The topological polar surface area (TPSA) is 37.4 Å². The summed E-state index contributed by atoms with van der Waals surface area (Å²) in [6.07, 6.45) is 1.81. The quantitative estimate of drug-likeness (QED) is 0.780. The Kier molecular flexibility index (Phi) is 4.70. The Labute approximate surface area is 96.1 Å². The zero-order valence-corrected chi connectivity index (χ0v) is 9.77. The van der Waals surface area contributed by atoms with Crippen LogP contribution in [-0.4, -0.2) is 23.3 Å². The summed E-state index contributed by atoms with van der Waals surface area (Å²) in [6.45, 7) is 3.96. The summed E-state index contributed by atoms with van der Waals surface area (Å²) in [5, 5.41) is 0. The van der Waals surface area contributed by atoms with Crippen molar-refractivity contribution in [1.82, 2.24) is 4.90 Å². The van der Waals surface area contributed by atoms with Crippen LogP contribution in [0.1, 0.15) is 37.0 Å². The minimum absolute atomic E-state index is 0.192. The van der Waals surface area contributed by atoms with E-state index in [1.165, 1.54) is 11.8 Å². The van der Waals surface area contributed by atoms with Crippen LogP contribution in [0, 0.1) is 0 Å². The van der Waals surface area contributed by atoms with Crippen LogP contribution in [0.2, 0.25) is 0 Å². The predicted molar refractivity (Wildman–Crippen MR) is 63.1 cm³/mol. The van der Waals surface area contributed by atoms with Gasteiger partial charge in [-0.25, -0.2) is 0 Å². The first-order valence-corrected chi connectivity index (χ1v) is 5.54. The normalized spacial score (nSPS) is 9.88. The average Bonchev–Trinajstić information content (AvgIpc) is 2.30. The van der Waals surface area contributed by atoms with Crippen LogP contribution in [0.4, 0.5) is 0 Å². The van der Waals surface area contributed by atoms with E-state index in [1.807, 2.05) is 13.0 Å². The Balaban J connectivity index is 2.79. The van der Waals surface area contributed by atoms with Crippen molar-refractivity contribution in [3.05, 3.63) is 35.9 Å². The molecule has 0 bridgehead atoms. The molecule has 0 saturated carbocycles. The monoisotopic (exact) mass is 219 g/mol. The maximum atomic E-state index is 12.0. The Bertz CT molecular complexity index is 359. The van der Waals surface area contributed by atoms with Crippen molar-refractivity contribution in [2.24, 2.45) is 0 Å². The van der Waals surface area contributed by atoms with Gasteiger partial charge in [-0.15, -0.1) is 0 Å². The van der Waals surface area contributed by atoms with Crippen LogP contribution in [-0.2, 0) is 4.79 Å². The van der Waals surface area contributed by atoms with Crippen molar-refractivity contribution in [1.29, 1.82) is 0 Å². The van der Waals surface area contributed by atoms with Crippen molar-refractivity contribution in [3.8, 4) is 0 Å². The van der Waals surface area contributed by atoms with E-state index in [4.69, 9.17) is 0 Å². The van der Waals surface area contributed by atoms with Crippen LogP contribution >= 0.6 is 0 Å². The van der Waals surface area contributed by atoms with Crippen molar-refractivity contribution in [2.75, 3.05) is 6.54 Å². The Morgan fingerprint density at radius 2 is 1.81 bits per heavy atom. The number of benzene rings is 1. The third-order valence-corrected chi connectivity index (χ3v) is 2.38. The fourth-order valence-electron chi connectivity index (χ4n) is 1.45. The Morgan fingerprint density at radius 3 is 2.31 bits per heavy atom. The number of imide groups is 1. The molecule has 16 heavy (non-hydrogen) atoms. The van der Waals surface area contributed by atoms with Crippen LogP contribution in [0.5, 0.6) is 0 Å². The fourth-order valence-corrected chi connectivity index (χ4v) is 1.45. The van der Waals surface area contributed by atoms with Gasteiger partial charge in [0, 0.05) is 19.0 Å². The molecule has 1 rings (SSSR count). The lowest BCUT2D eigenvalue weighted by molar-refractivity contribution is -0.126. The zero-order valence-electron chi connectivity index (χ0n) is 9.77. The first-order chi connectivity index (χ1) is 7.66. The molecule has 1 aromatic rings. The summed E-state index contributed by atoms with van der Waals surface area (Å²) < 4.78 is 0. The lowest BCUT2D eigenvalue weighted by Crippen LogP contribution is -2.35. The summed E-state index contributed by atoms with van der Waals surface area (Å²) in [4.78, 5) is 24.7. The van der Waals surface area contributed by atoms with Gasteiger partial charge >= 0.3 is 0 Å². The van der Waals surface area contributed by atoms with Crippen LogP contribution in [0.25, 0.3) is 0 Å². The zero-order chi connectivity index (χ0) is 12.0. The highest BCUT2D eigenvalue weighted by Gasteiger charge is 2.18. The lowest BCUT2D eigenvalue weighted by Gasteiger charge is -2.18. The molecule has 0 heterocycles. The Hall–Kier alpha value is -1.64. The molecule has 0 saturated heterocycles. The molecule has 0 spiro atoms. The van der Waals surface area contributed by atoms with Crippen LogP contribution in [0.3, 0.4) is 0 Å². The molecule has 0 aromatic heterocycles. The van der Waals surface area contributed by atoms with Crippen LogP contribution < -0.4 is 0 Å². The summed E-state index contributed by atoms with van der Waals surface area (Å²) in [7, 11) is 0. The molecule has 0 aliphatic rings. The number of hydrogen-bond acceptors (Lipinski definition) is 2. The van der Waals surface area contributed by atoms with E-state index < -0.39 is 0 Å². The number of unbranched alkanes of at least 4 members (excludes halogenated alkanes) is 1. The molecule has 0 N–H and O–H groups in total. The highest BCUT2D eigenvalue weighted by Crippen LogP contribution is 2.06. The number of nitrogens with zero attached hydrogens (tertiary/aromatic N) is 1. The number of carbonyl (C=O) groups excluding carboxylic acids is 2. The second-order valence-corrected chi connectivity index (χ2v) is 3.70. The summed E-state index contributed by atoms with van der Waals surface area (Å²) in [5.74, 6) is -0.399. The summed E-state index contributed by atoms with van der Waals surface area (Å²) in [6, 6.07) is 8.89. The van der Waals surface area contributed by atoms with Gasteiger partial charge in [-0.05, 0) is 18.6 Å². The Morgan fingerprint density at radius 1 is 1.19 bits per heavy atom. The first-order valence-electron chi connectivity index (χ1n) is 5.54. The molecule has 1 aromatic carbocycles. The molecule has 3 heteroatoms. The number of amides is 2. The molecule has 0 radical (unpaired) electrons. The summed E-state index contributed by atoms with van der Waals surface area (Å²) >= 11 is 0. The minimum atomic E-state index is -0.207. The minimum Gasteiger partial charge on any atom is -0.279 e. The van der Waals surface area contributed by atoms with Crippen molar-refractivity contribution >= 4 is 11.8 Å². The van der Waals surface area contributed by atoms with Crippen LogP contribution in [0.15, 0.2) is 30.3 Å². The molecular weight excluding hydrogens is 202 g/mol. The number of carbonyl (C=O) groups is 2. The molecule has 0 unspecified atom stereocenters. The molecule has 0 aliphatic carbocycles. The second-order valence-electron chi connectivity index (χ2n) is 3.70. The summed E-state index contributed by atoms with van der Waals surface area (Å²) in [5.41, 5.74) is 0.564. The fraction of sp³-hybridized carbons (Fsp3) is 0.385. The molecule has 0 fully saturated rings. The van der Waals surface area contributed by atoms with Crippen molar-refractivity contribution in [2.45, 2.75) is 26.7 Å².